The molecule has 7 heteroatoms. The summed E-state index contributed by atoms with van der Waals surface area (Å²) in [5, 5.41) is 0. The van der Waals surface area contributed by atoms with Gasteiger partial charge in [0.15, 0.2) is 12.4 Å². The minimum atomic E-state index is -0.783. The van der Waals surface area contributed by atoms with E-state index in [-0.39, 0.29) is 11.8 Å². The largest absolute Gasteiger partial charge is 0.497 e. The molecular weight excluding hydrogens is 338 g/mol. The Morgan fingerprint density at radius 2 is 1.77 bits per heavy atom. The summed E-state index contributed by atoms with van der Waals surface area (Å²) in [4.78, 5) is 49.6. The van der Waals surface area contributed by atoms with Gasteiger partial charge < -0.3 is 9.47 Å². The van der Waals surface area contributed by atoms with Crippen LogP contribution in [-0.4, -0.2) is 48.7 Å². The number of fused-ring (bicyclic) bond motifs is 1. The van der Waals surface area contributed by atoms with Gasteiger partial charge in [-0.1, -0.05) is 24.3 Å². The number of hydrogen-bond acceptors (Lipinski definition) is 6. The van der Waals surface area contributed by atoms with E-state index in [1.807, 2.05) is 12.2 Å². The second-order valence-corrected chi connectivity index (χ2v) is 6.23. The van der Waals surface area contributed by atoms with E-state index in [0.29, 0.717) is 24.2 Å². The van der Waals surface area contributed by atoms with Crippen molar-refractivity contribution in [2.75, 3.05) is 20.3 Å². The molecule has 2 atom stereocenters. The summed E-state index contributed by atoms with van der Waals surface area (Å²) < 4.78 is 10.00. The molecule has 0 saturated carbocycles. The van der Waals surface area contributed by atoms with Gasteiger partial charge in [0.1, 0.15) is 12.3 Å². The molecule has 1 aromatic carbocycles. The number of carbonyl (C=O) groups excluding carboxylic acids is 4. The minimum Gasteiger partial charge on any atom is -0.497 e. The van der Waals surface area contributed by atoms with Crippen molar-refractivity contribution >= 4 is 23.6 Å². The zero-order chi connectivity index (χ0) is 18.7. The molecule has 136 valence electrons. The molecule has 1 aliphatic carbocycles. The Labute approximate surface area is 150 Å². The number of benzene rings is 1. The lowest BCUT2D eigenvalue weighted by molar-refractivity contribution is -0.152. The fourth-order valence-electron chi connectivity index (χ4n) is 3.23. The van der Waals surface area contributed by atoms with E-state index in [0.717, 1.165) is 4.90 Å². The zero-order valence-corrected chi connectivity index (χ0v) is 14.3. The summed E-state index contributed by atoms with van der Waals surface area (Å²) in [6.45, 7) is -0.924. The summed E-state index contributed by atoms with van der Waals surface area (Å²) >= 11 is 0. The number of methoxy groups -OCH3 is 1. The first-order valence-electron chi connectivity index (χ1n) is 8.34. The Hall–Kier alpha value is -2.96. The summed E-state index contributed by atoms with van der Waals surface area (Å²) in [5.74, 6) is -2.13. The van der Waals surface area contributed by atoms with Gasteiger partial charge in [-0.05, 0) is 25.0 Å². The number of ether oxygens (including phenoxy) is 2. The third-order valence-electron chi connectivity index (χ3n) is 4.64. The number of ketones is 1. The molecule has 26 heavy (non-hydrogen) atoms. The van der Waals surface area contributed by atoms with Crippen molar-refractivity contribution in [1.82, 2.24) is 4.90 Å². The number of likely N-dealkylation sites (tertiary alicyclic amines) is 1. The van der Waals surface area contributed by atoms with Crippen molar-refractivity contribution < 1.29 is 28.7 Å². The Morgan fingerprint density at radius 3 is 2.38 bits per heavy atom. The van der Waals surface area contributed by atoms with E-state index in [9.17, 15) is 19.2 Å². The van der Waals surface area contributed by atoms with Gasteiger partial charge in [0.05, 0.1) is 18.9 Å². The Morgan fingerprint density at radius 1 is 1.12 bits per heavy atom. The number of hydrogen-bond donors (Lipinski definition) is 0. The molecule has 1 fully saturated rings. The lowest BCUT2D eigenvalue weighted by atomic mass is 9.85. The van der Waals surface area contributed by atoms with Crippen LogP contribution in [0.2, 0.25) is 0 Å². The van der Waals surface area contributed by atoms with Crippen LogP contribution in [0.15, 0.2) is 36.4 Å². The van der Waals surface area contributed by atoms with Crippen LogP contribution in [0.3, 0.4) is 0 Å². The second-order valence-electron chi connectivity index (χ2n) is 6.23. The van der Waals surface area contributed by atoms with Crippen LogP contribution in [0.1, 0.15) is 23.2 Å². The smallest absolute Gasteiger partial charge is 0.326 e. The third-order valence-corrected chi connectivity index (χ3v) is 4.64. The van der Waals surface area contributed by atoms with Gasteiger partial charge in [0.25, 0.3) is 0 Å². The normalized spacial score (nSPS) is 21.5. The molecule has 2 aliphatic rings. The van der Waals surface area contributed by atoms with Gasteiger partial charge in [0.2, 0.25) is 11.8 Å². The first-order valence-corrected chi connectivity index (χ1v) is 8.34. The van der Waals surface area contributed by atoms with Crippen molar-refractivity contribution in [2.45, 2.75) is 12.8 Å². The van der Waals surface area contributed by atoms with Crippen LogP contribution >= 0.6 is 0 Å². The van der Waals surface area contributed by atoms with Crippen molar-refractivity contribution in [2.24, 2.45) is 11.8 Å². The molecule has 0 bridgehead atoms. The number of allylic oxidation sites excluding steroid dienone is 2. The molecule has 0 spiro atoms. The Kier molecular flexibility index (Phi) is 5.16. The first-order chi connectivity index (χ1) is 12.5. The number of rotatable bonds is 6. The van der Waals surface area contributed by atoms with Crippen molar-refractivity contribution in [3.63, 3.8) is 0 Å². The number of imide groups is 1. The van der Waals surface area contributed by atoms with Crippen LogP contribution in [0.5, 0.6) is 5.75 Å². The van der Waals surface area contributed by atoms with Gasteiger partial charge >= 0.3 is 5.97 Å². The Bertz CT molecular complexity index is 758. The summed E-state index contributed by atoms with van der Waals surface area (Å²) in [5.41, 5.74) is 0.350. The second kappa shape index (κ2) is 7.51. The molecule has 1 aliphatic heterocycles. The van der Waals surface area contributed by atoms with Crippen molar-refractivity contribution in [3.05, 3.63) is 42.0 Å². The maximum absolute atomic E-state index is 12.3. The molecule has 1 aromatic rings. The minimum absolute atomic E-state index is 0.347. The summed E-state index contributed by atoms with van der Waals surface area (Å²) in [6.07, 6.45) is 4.77. The lowest BCUT2D eigenvalue weighted by Gasteiger charge is -2.14. The predicted molar refractivity (Wildman–Crippen MR) is 90.4 cm³/mol. The number of esters is 1. The summed E-state index contributed by atoms with van der Waals surface area (Å²) in [7, 11) is 1.49. The Balaban J connectivity index is 1.55. The predicted octanol–water partition coefficient (Wildman–Crippen LogP) is 1.37. The molecule has 1 saturated heterocycles. The van der Waals surface area contributed by atoms with E-state index in [1.165, 1.54) is 7.11 Å². The zero-order valence-electron chi connectivity index (χ0n) is 14.3. The van der Waals surface area contributed by atoms with E-state index in [4.69, 9.17) is 9.47 Å². The van der Waals surface area contributed by atoms with E-state index in [2.05, 4.69) is 0 Å². The van der Waals surface area contributed by atoms with E-state index < -0.39 is 36.7 Å². The van der Waals surface area contributed by atoms with Crippen LogP contribution < -0.4 is 4.74 Å². The average molecular weight is 357 g/mol. The molecule has 7 nitrogen and oxygen atoms in total. The van der Waals surface area contributed by atoms with Crippen LogP contribution in [0, 0.1) is 11.8 Å². The lowest BCUT2D eigenvalue weighted by Crippen LogP contribution is -2.37. The molecule has 0 N–H and O–H groups in total. The molecular formula is C19H19NO6. The highest BCUT2D eigenvalue weighted by atomic mass is 16.5. The molecule has 3 rings (SSSR count). The van der Waals surface area contributed by atoms with Crippen LogP contribution in [-0.2, 0) is 19.1 Å². The van der Waals surface area contributed by atoms with Crippen LogP contribution in [0.25, 0.3) is 0 Å². The van der Waals surface area contributed by atoms with Gasteiger partial charge in [-0.25, -0.2) is 0 Å². The maximum atomic E-state index is 12.3. The summed E-state index contributed by atoms with van der Waals surface area (Å²) in [6, 6.07) is 6.48. The fraction of sp³-hybridized carbons (Fsp3) is 0.368. The average Bonchev–Trinajstić information content (AvgIpc) is 2.91. The highest BCUT2D eigenvalue weighted by Crippen LogP contribution is 2.34. The van der Waals surface area contributed by atoms with Crippen molar-refractivity contribution in [1.29, 1.82) is 0 Å². The third kappa shape index (κ3) is 3.51. The number of Topliss-reactive ketones (excluding diaryl/α,β-unsaturated/α-hetero) is 1. The molecule has 1 heterocycles. The standard InChI is InChI=1S/C19H19NO6/c1-25-13-6-4-5-12(9-13)16(21)11-26-17(22)10-20-18(23)14-7-2-3-8-15(14)19(20)24/h2-6,9,14-15H,7-8,10-11H2,1H3. The van der Waals surface area contributed by atoms with Gasteiger partial charge in [-0.15, -0.1) is 0 Å². The number of amides is 2. The van der Waals surface area contributed by atoms with E-state index >= 15 is 0 Å². The first kappa shape index (κ1) is 17.8. The van der Waals surface area contributed by atoms with Crippen molar-refractivity contribution in [3.8, 4) is 5.75 Å². The molecule has 0 radical (unpaired) electrons. The topological polar surface area (TPSA) is 90.0 Å². The fourth-order valence-corrected chi connectivity index (χ4v) is 3.23. The monoisotopic (exact) mass is 357 g/mol. The molecule has 2 unspecified atom stereocenters. The maximum Gasteiger partial charge on any atom is 0.326 e. The van der Waals surface area contributed by atoms with Gasteiger partial charge in [0, 0.05) is 5.56 Å². The molecule has 0 aromatic heterocycles. The van der Waals surface area contributed by atoms with Crippen LogP contribution in [0.4, 0.5) is 0 Å². The van der Waals surface area contributed by atoms with Gasteiger partial charge in [-0.3, -0.25) is 24.1 Å². The van der Waals surface area contributed by atoms with Gasteiger partial charge in [-0.2, -0.15) is 0 Å². The SMILES string of the molecule is COc1cccc(C(=O)COC(=O)CN2C(=O)C3CC=CCC3C2=O)c1. The quantitative estimate of drug-likeness (QED) is 0.331. The molecule has 2 amide bonds. The number of nitrogens with zero attached hydrogens (tertiary/aromatic N) is 1. The highest BCUT2D eigenvalue weighted by Gasteiger charge is 2.47. The highest BCUT2D eigenvalue weighted by molar-refractivity contribution is 6.07. The number of carbonyl (C=O) groups is 4. The van der Waals surface area contributed by atoms with E-state index in [1.54, 1.807) is 24.3 Å².